The first-order valence-electron chi connectivity index (χ1n) is 8.16. The first-order chi connectivity index (χ1) is 10.8. The molecule has 1 aromatic carbocycles. The van der Waals surface area contributed by atoms with Gasteiger partial charge in [0.25, 0.3) is 0 Å². The minimum Gasteiger partial charge on any atom is -0.338 e. The van der Waals surface area contributed by atoms with Crippen LogP contribution in [0.1, 0.15) is 39.2 Å². The van der Waals surface area contributed by atoms with Crippen LogP contribution < -0.4 is 11.1 Å². The highest BCUT2D eigenvalue weighted by atomic mass is 16.2. The van der Waals surface area contributed by atoms with Crippen LogP contribution in [0.25, 0.3) is 0 Å². The Labute approximate surface area is 138 Å². The molecular weight excluding hydrogens is 290 g/mol. The monoisotopic (exact) mass is 317 g/mol. The molecule has 0 unspecified atom stereocenters. The number of benzene rings is 1. The van der Waals surface area contributed by atoms with Gasteiger partial charge in [-0.1, -0.05) is 26.0 Å². The first-order valence-corrected chi connectivity index (χ1v) is 8.16. The number of anilines is 1. The van der Waals surface area contributed by atoms with Crippen molar-refractivity contribution in [3.63, 3.8) is 0 Å². The first kappa shape index (κ1) is 17.5. The smallest absolute Gasteiger partial charge is 0.226 e. The fourth-order valence-corrected chi connectivity index (χ4v) is 2.50. The van der Waals surface area contributed by atoms with Crippen LogP contribution in [0.5, 0.6) is 0 Å². The fourth-order valence-electron chi connectivity index (χ4n) is 2.50. The third-order valence-electron chi connectivity index (χ3n) is 4.06. The lowest BCUT2D eigenvalue weighted by atomic mass is 9.92. The molecule has 1 aliphatic rings. The summed E-state index contributed by atoms with van der Waals surface area (Å²) in [6, 6.07) is 7.64. The molecule has 1 aromatic rings. The van der Waals surface area contributed by atoms with Crippen LogP contribution in [-0.2, 0) is 16.1 Å². The summed E-state index contributed by atoms with van der Waals surface area (Å²) in [7, 11) is 0. The molecule has 2 amide bonds. The summed E-state index contributed by atoms with van der Waals surface area (Å²) < 4.78 is 0. The van der Waals surface area contributed by atoms with Gasteiger partial charge < -0.3 is 16.0 Å². The Bertz CT molecular complexity index is 562. The van der Waals surface area contributed by atoms with Crippen molar-refractivity contribution in [3.05, 3.63) is 29.8 Å². The number of nitrogens with zero attached hydrogens (tertiary/aromatic N) is 1. The van der Waals surface area contributed by atoms with E-state index in [9.17, 15) is 9.59 Å². The summed E-state index contributed by atoms with van der Waals surface area (Å²) in [6.45, 7) is 7.44. The molecule has 0 aromatic heterocycles. The molecule has 5 nitrogen and oxygen atoms in total. The Morgan fingerprint density at radius 3 is 2.35 bits per heavy atom. The Kier molecular flexibility index (Phi) is 5.42. The van der Waals surface area contributed by atoms with Crippen molar-refractivity contribution in [3.8, 4) is 0 Å². The lowest BCUT2D eigenvalue weighted by molar-refractivity contribution is -0.134. The summed E-state index contributed by atoms with van der Waals surface area (Å²) in [5.41, 5.74) is 7.55. The van der Waals surface area contributed by atoms with Crippen molar-refractivity contribution in [2.24, 2.45) is 17.1 Å². The summed E-state index contributed by atoms with van der Waals surface area (Å²) in [4.78, 5) is 25.5. The number of rotatable bonds is 7. The van der Waals surface area contributed by atoms with E-state index in [1.165, 1.54) is 6.92 Å². The van der Waals surface area contributed by atoms with Crippen molar-refractivity contribution < 1.29 is 9.59 Å². The number of nitrogens with two attached hydrogens (primary N) is 1. The standard InChI is InChI=1S/C18H27N3O2/c1-13(22)20-16-8-4-14(5-9-16)10-21(12-18(2,3)11-19)17(23)15-6-7-15/h4-5,8-9,15H,6-7,10-12,19H2,1-3H3,(H,20,22). The molecule has 1 saturated carbocycles. The van der Waals surface area contributed by atoms with E-state index < -0.39 is 0 Å². The van der Waals surface area contributed by atoms with E-state index in [0.717, 1.165) is 24.1 Å². The molecule has 0 bridgehead atoms. The predicted molar refractivity (Wildman–Crippen MR) is 91.7 cm³/mol. The summed E-state index contributed by atoms with van der Waals surface area (Å²) in [5.74, 6) is 0.340. The quantitative estimate of drug-likeness (QED) is 0.810. The Morgan fingerprint density at radius 2 is 1.87 bits per heavy atom. The average molecular weight is 317 g/mol. The molecule has 0 saturated heterocycles. The predicted octanol–water partition coefficient (Wildman–Crippen LogP) is 2.37. The van der Waals surface area contributed by atoms with Gasteiger partial charge in [0.2, 0.25) is 11.8 Å². The number of carbonyl (C=O) groups is 2. The number of hydrogen-bond donors (Lipinski definition) is 2. The van der Waals surface area contributed by atoms with Gasteiger partial charge in [0.15, 0.2) is 0 Å². The fraction of sp³-hybridized carbons (Fsp3) is 0.556. The topological polar surface area (TPSA) is 75.4 Å². The van der Waals surface area contributed by atoms with Crippen molar-refractivity contribution in [2.75, 3.05) is 18.4 Å². The van der Waals surface area contributed by atoms with Gasteiger partial charge in [-0.25, -0.2) is 0 Å². The normalized spacial score (nSPS) is 14.4. The zero-order chi connectivity index (χ0) is 17.0. The highest BCUT2D eigenvalue weighted by Gasteiger charge is 2.35. The van der Waals surface area contributed by atoms with Crippen molar-refractivity contribution in [1.82, 2.24) is 4.90 Å². The maximum Gasteiger partial charge on any atom is 0.226 e. The van der Waals surface area contributed by atoms with E-state index in [-0.39, 0.29) is 23.1 Å². The van der Waals surface area contributed by atoms with Crippen LogP contribution in [0.2, 0.25) is 0 Å². The van der Waals surface area contributed by atoms with Gasteiger partial charge in [-0.15, -0.1) is 0 Å². The molecule has 0 spiro atoms. The molecule has 0 atom stereocenters. The Balaban J connectivity index is 2.07. The van der Waals surface area contributed by atoms with Crippen molar-refractivity contribution >= 4 is 17.5 Å². The van der Waals surface area contributed by atoms with E-state index in [1.807, 2.05) is 29.2 Å². The van der Waals surface area contributed by atoms with E-state index in [0.29, 0.717) is 19.6 Å². The highest BCUT2D eigenvalue weighted by Crippen LogP contribution is 2.32. The number of amides is 2. The van der Waals surface area contributed by atoms with E-state index >= 15 is 0 Å². The zero-order valence-electron chi connectivity index (χ0n) is 14.3. The minimum absolute atomic E-state index is 0.0898. The molecule has 126 valence electrons. The minimum atomic E-state index is -0.0966. The number of carbonyl (C=O) groups excluding carboxylic acids is 2. The Hall–Kier alpha value is -1.88. The van der Waals surface area contributed by atoms with Gasteiger partial charge in [0, 0.05) is 31.6 Å². The van der Waals surface area contributed by atoms with E-state index in [1.54, 1.807) is 0 Å². The summed E-state index contributed by atoms with van der Waals surface area (Å²) >= 11 is 0. The van der Waals surface area contributed by atoms with Crippen LogP contribution >= 0.6 is 0 Å². The molecule has 23 heavy (non-hydrogen) atoms. The third kappa shape index (κ3) is 5.36. The number of nitrogens with one attached hydrogen (secondary N) is 1. The van der Waals surface area contributed by atoms with Gasteiger partial charge in [-0.05, 0) is 42.5 Å². The number of hydrogen-bond acceptors (Lipinski definition) is 3. The van der Waals surface area contributed by atoms with E-state index in [4.69, 9.17) is 5.73 Å². The van der Waals surface area contributed by atoms with Gasteiger partial charge in [0.05, 0.1) is 0 Å². The van der Waals surface area contributed by atoms with Crippen molar-refractivity contribution in [1.29, 1.82) is 0 Å². The highest BCUT2D eigenvalue weighted by molar-refractivity contribution is 5.88. The van der Waals surface area contributed by atoms with Crippen LogP contribution in [0.4, 0.5) is 5.69 Å². The van der Waals surface area contributed by atoms with Crippen LogP contribution in [0.3, 0.4) is 0 Å². The van der Waals surface area contributed by atoms with Crippen molar-refractivity contribution in [2.45, 2.75) is 40.2 Å². The zero-order valence-corrected chi connectivity index (χ0v) is 14.3. The average Bonchev–Trinajstić information content (AvgIpc) is 3.32. The maximum atomic E-state index is 12.5. The SMILES string of the molecule is CC(=O)Nc1ccc(CN(CC(C)(C)CN)C(=O)C2CC2)cc1. The van der Waals surface area contributed by atoms with Gasteiger partial charge in [-0.3, -0.25) is 9.59 Å². The molecule has 0 radical (unpaired) electrons. The van der Waals surface area contributed by atoms with Crippen LogP contribution in [0.15, 0.2) is 24.3 Å². The van der Waals surface area contributed by atoms with E-state index in [2.05, 4.69) is 19.2 Å². The largest absolute Gasteiger partial charge is 0.338 e. The summed E-state index contributed by atoms with van der Waals surface area (Å²) in [5, 5.41) is 2.75. The second-order valence-electron chi connectivity index (χ2n) is 7.22. The second kappa shape index (κ2) is 7.13. The van der Waals surface area contributed by atoms with Gasteiger partial charge in [0.1, 0.15) is 0 Å². The maximum absolute atomic E-state index is 12.5. The molecule has 2 rings (SSSR count). The van der Waals surface area contributed by atoms with Gasteiger partial charge >= 0.3 is 0 Å². The summed E-state index contributed by atoms with van der Waals surface area (Å²) in [6.07, 6.45) is 2.00. The molecular formula is C18H27N3O2. The molecule has 1 aliphatic carbocycles. The van der Waals surface area contributed by atoms with Crippen LogP contribution in [-0.4, -0.2) is 29.8 Å². The Morgan fingerprint density at radius 1 is 1.26 bits per heavy atom. The molecule has 0 aliphatic heterocycles. The third-order valence-corrected chi connectivity index (χ3v) is 4.06. The molecule has 1 fully saturated rings. The second-order valence-corrected chi connectivity index (χ2v) is 7.22. The molecule has 3 N–H and O–H groups in total. The van der Waals surface area contributed by atoms with Crippen LogP contribution in [0, 0.1) is 11.3 Å². The lowest BCUT2D eigenvalue weighted by Crippen LogP contribution is -2.42. The lowest BCUT2D eigenvalue weighted by Gasteiger charge is -2.32. The molecule has 5 heteroatoms. The van der Waals surface area contributed by atoms with Gasteiger partial charge in [-0.2, -0.15) is 0 Å². The molecule has 0 heterocycles.